The highest BCUT2D eigenvalue weighted by Gasteiger charge is 2.43. The van der Waals surface area contributed by atoms with Gasteiger partial charge in [-0.1, -0.05) is 47.6 Å². The highest BCUT2D eigenvalue weighted by atomic mass is 19.4. The van der Waals surface area contributed by atoms with E-state index in [2.05, 4.69) is 10.5 Å². The molecule has 0 bridgehead atoms. The van der Waals surface area contributed by atoms with E-state index >= 15 is 0 Å². The third kappa shape index (κ3) is 5.87. The normalized spacial score (nSPS) is 16.7. The highest BCUT2D eigenvalue weighted by molar-refractivity contribution is 6.01. The van der Waals surface area contributed by atoms with Gasteiger partial charge in [-0.25, -0.2) is 4.79 Å². The number of anilines is 1. The van der Waals surface area contributed by atoms with Crippen molar-refractivity contribution < 1.29 is 27.5 Å². The smallest absolute Gasteiger partial charge is 0.416 e. The van der Waals surface area contributed by atoms with Gasteiger partial charge in [-0.3, -0.25) is 0 Å². The fraction of sp³-hybridized carbons (Fsp3) is 0.286. The quantitative estimate of drug-likeness (QED) is 0.429. The maximum Gasteiger partial charge on any atom is 0.416 e. The lowest BCUT2D eigenvalue weighted by Crippen LogP contribution is -2.48. The van der Waals surface area contributed by atoms with Crippen molar-refractivity contribution in [2.24, 2.45) is 5.16 Å². The number of urea groups is 1. The minimum Gasteiger partial charge on any atom is -0.489 e. The standard InChI is InChI=1S/C28H26F3N3O3/c29-28(30,31)22-8-6-21(7-9-22)25-18-27(37-33-25)14-16-34(17-15-27)26(35)32-23-10-12-24(13-11-23)36-19-20-4-2-1-3-5-20/h1-13H,14-19H2,(H,32,35). The Hall–Kier alpha value is -4.01. The summed E-state index contributed by atoms with van der Waals surface area (Å²) in [6, 6.07) is 21.9. The van der Waals surface area contributed by atoms with E-state index in [4.69, 9.17) is 9.57 Å². The van der Waals surface area contributed by atoms with Crippen LogP contribution in [-0.2, 0) is 17.6 Å². The minimum atomic E-state index is -4.38. The predicted octanol–water partition coefficient (Wildman–Crippen LogP) is 6.48. The molecule has 1 saturated heterocycles. The molecule has 5 rings (SSSR count). The summed E-state index contributed by atoms with van der Waals surface area (Å²) in [5.74, 6) is 0.712. The molecule has 0 saturated carbocycles. The van der Waals surface area contributed by atoms with Crippen LogP contribution in [0.25, 0.3) is 0 Å². The second-order valence-electron chi connectivity index (χ2n) is 9.28. The van der Waals surface area contributed by atoms with Gasteiger partial charge in [0.2, 0.25) is 0 Å². The van der Waals surface area contributed by atoms with Gasteiger partial charge in [0.15, 0.2) is 0 Å². The van der Waals surface area contributed by atoms with E-state index in [1.165, 1.54) is 12.1 Å². The van der Waals surface area contributed by atoms with Crippen LogP contribution in [0, 0.1) is 0 Å². The van der Waals surface area contributed by atoms with E-state index in [1.807, 2.05) is 42.5 Å². The number of hydrogen-bond donors (Lipinski definition) is 1. The average Bonchev–Trinajstić information content (AvgIpc) is 3.32. The number of carbonyl (C=O) groups is 1. The van der Waals surface area contributed by atoms with Gasteiger partial charge in [-0.2, -0.15) is 13.2 Å². The topological polar surface area (TPSA) is 63.2 Å². The summed E-state index contributed by atoms with van der Waals surface area (Å²) in [5.41, 5.74) is 1.75. The van der Waals surface area contributed by atoms with Crippen LogP contribution < -0.4 is 10.1 Å². The molecule has 0 aromatic heterocycles. The predicted molar refractivity (Wildman–Crippen MR) is 133 cm³/mol. The van der Waals surface area contributed by atoms with Crippen molar-refractivity contribution in [2.45, 2.75) is 37.6 Å². The molecular weight excluding hydrogens is 483 g/mol. The van der Waals surface area contributed by atoms with E-state index < -0.39 is 17.3 Å². The summed E-state index contributed by atoms with van der Waals surface area (Å²) >= 11 is 0. The number of piperidine rings is 1. The molecule has 37 heavy (non-hydrogen) atoms. The van der Waals surface area contributed by atoms with E-state index in [0.717, 1.165) is 17.7 Å². The Bertz CT molecular complexity index is 1250. The number of benzene rings is 3. The van der Waals surface area contributed by atoms with Crippen molar-refractivity contribution in [3.63, 3.8) is 0 Å². The van der Waals surface area contributed by atoms with Gasteiger partial charge >= 0.3 is 12.2 Å². The van der Waals surface area contributed by atoms with Crippen LogP contribution >= 0.6 is 0 Å². The molecule has 3 aromatic carbocycles. The van der Waals surface area contributed by atoms with Crippen molar-refractivity contribution in [1.29, 1.82) is 0 Å². The number of carbonyl (C=O) groups excluding carboxylic acids is 1. The molecule has 2 aliphatic rings. The Morgan fingerprint density at radius 1 is 0.973 bits per heavy atom. The number of nitrogens with one attached hydrogen (secondary N) is 1. The van der Waals surface area contributed by atoms with E-state index in [1.54, 1.807) is 17.0 Å². The first kappa shape index (κ1) is 24.7. The van der Waals surface area contributed by atoms with Gasteiger partial charge < -0.3 is 19.8 Å². The summed E-state index contributed by atoms with van der Waals surface area (Å²) < 4.78 is 44.3. The van der Waals surface area contributed by atoms with Gasteiger partial charge in [0, 0.05) is 38.0 Å². The molecule has 9 heteroatoms. The Labute approximate surface area is 212 Å². The third-order valence-electron chi connectivity index (χ3n) is 6.70. The Morgan fingerprint density at radius 2 is 1.65 bits per heavy atom. The van der Waals surface area contributed by atoms with Crippen LogP contribution in [0.5, 0.6) is 5.75 Å². The SMILES string of the molecule is O=C(Nc1ccc(OCc2ccccc2)cc1)N1CCC2(CC1)CC(c1ccc(C(F)(F)F)cc1)=NO2. The van der Waals surface area contributed by atoms with Crippen LogP contribution in [0.3, 0.4) is 0 Å². The number of ether oxygens (including phenoxy) is 1. The Balaban J connectivity index is 1.10. The first-order chi connectivity index (χ1) is 17.8. The van der Waals surface area contributed by atoms with Crippen LogP contribution in [-0.4, -0.2) is 35.3 Å². The number of alkyl halides is 3. The molecule has 0 radical (unpaired) electrons. The van der Waals surface area contributed by atoms with Crippen molar-refractivity contribution in [3.05, 3.63) is 95.6 Å². The number of hydrogen-bond acceptors (Lipinski definition) is 4. The lowest BCUT2D eigenvalue weighted by Gasteiger charge is -2.37. The van der Waals surface area contributed by atoms with Gasteiger partial charge in [0.25, 0.3) is 0 Å². The van der Waals surface area contributed by atoms with E-state index in [-0.39, 0.29) is 6.03 Å². The molecular formula is C28H26F3N3O3. The number of halogens is 3. The van der Waals surface area contributed by atoms with Crippen molar-refractivity contribution in [1.82, 2.24) is 4.90 Å². The van der Waals surface area contributed by atoms with Crippen LogP contribution in [0.15, 0.2) is 84.0 Å². The monoisotopic (exact) mass is 509 g/mol. The molecule has 0 atom stereocenters. The molecule has 1 fully saturated rings. The lowest BCUT2D eigenvalue weighted by atomic mass is 9.85. The van der Waals surface area contributed by atoms with Gasteiger partial charge in [0.05, 0.1) is 11.3 Å². The molecule has 2 amide bonds. The summed E-state index contributed by atoms with van der Waals surface area (Å²) in [7, 11) is 0. The minimum absolute atomic E-state index is 0.199. The van der Waals surface area contributed by atoms with Gasteiger partial charge in [-0.15, -0.1) is 0 Å². The van der Waals surface area contributed by atoms with Crippen molar-refractivity contribution in [2.75, 3.05) is 18.4 Å². The third-order valence-corrected chi connectivity index (χ3v) is 6.70. The summed E-state index contributed by atoms with van der Waals surface area (Å²) in [5, 5.41) is 7.07. The second kappa shape index (κ2) is 10.2. The first-order valence-corrected chi connectivity index (χ1v) is 12.1. The second-order valence-corrected chi connectivity index (χ2v) is 9.28. The molecule has 0 unspecified atom stereocenters. The maximum absolute atomic E-state index is 12.8. The number of oxime groups is 1. The van der Waals surface area contributed by atoms with E-state index in [9.17, 15) is 18.0 Å². The number of amides is 2. The van der Waals surface area contributed by atoms with Crippen LogP contribution in [0.1, 0.15) is 36.0 Å². The molecule has 3 aromatic rings. The highest BCUT2D eigenvalue weighted by Crippen LogP contribution is 2.37. The number of nitrogens with zero attached hydrogens (tertiary/aromatic N) is 2. The summed E-state index contributed by atoms with van der Waals surface area (Å²) in [4.78, 5) is 20.3. The average molecular weight is 510 g/mol. The Morgan fingerprint density at radius 3 is 2.30 bits per heavy atom. The summed E-state index contributed by atoms with van der Waals surface area (Å²) in [6.45, 7) is 1.44. The molecule has 0 aliphatic carbocycles. The van der Waals surface area contributed by atoms with E-state index in [0.29, 0.717) is 61.7 Å². The molecule has 1 spiro atoms. The van der Waals surface area contributed by atoms with Crippen molar-refractivity contribution >= 4 is 17.4 Å². The fourth-order valence-corrected chi connectivity index (χ4v) is 4.49. The zero-order chi connectivity index (χ0) is 25.9. The molecule has 2 heterocycles. The van der Waals surface area contributed by atoms with Gasteiger partial charge in [0.1, 0.15) is 18.0 Å². The zero-order valence-electron chi connectivity index (χ0n) is 20.0. The summed E-state index contributed by atoms with van der Waals surface area (Å²) in [6.07, 6.45) is -2.71. The maximum atomic E-state index is 12.8. The zero-order valence-corrected chi connectivity index (χ0v) is 20.0. The first-order valence-electron chi connectivity index (χ1n) is 12.1. The number of rotatable bonds is 5. The van der Waals surface area contributed by atoms with Crippen molar-refractivity contribution in [3.8, 4) is 5.75 Å². The lowest BCUT2D eigenvalue weighted by molar-refractivity contribution is -0.137. The van der Waals surface area contributed by atoms with Crippen LogP contribution in [0.2, 0.25) is 0 Å². The van der Waals surface area contributed by atoms with Gasteiger partial charge in [-0.05, 0) is 47.5 Å². The molecule has 6 nitrogen and oxygen atoms in total. The number of likely N-dealkylation sites (tertiary alicyclic amines) is 1. The Kier molecular flexibility index (Phi) is 6.78. The molecule has 2 aliphatic heterocycles. The van der Waals surface area contributed by atoms with Crippen LogP contribution in [0.4, 0.5) is 23.7 Å². The molecule has 192 valence electrons. The largest absolute Gasteiger partial charge is 0.489 e. The fourth-order valence-electron chi connectivity index (χ4n) is 4.49. The molecule has 1 N–H and O–H groups in total.